The molecule has 1 aromatic rings. The molecule has 0 radical (unpaired) electrons. The average molecular weight is 263 g/mol. The summed E-state index contributed by atoms with van der Waals surface area (Å²) in [5.74, 6) is -0.216. The number of benzene rings is 1. The third-order valence-corrected chi connectivity index (χ3v) is 2.78. The van der Waals surface area contributed by atoms with Gasteiger partial charge in [0.1, 0.15) is 0 Å². The maximum Gasteiger partial charge on any atom is 0.302 e. The van der Waals surface area contributed by atoms with Crippen LogP contribution in [0.25, 0.3) is 0 Å². The zero-order chi connectivity index (χ0) is 13.9. The number of carbonyl (C=O) groups is 2. The van der Waals surface area contributed by atoms with Crippen LogP contribution in [0.3, 0.4) is 0 Å². The highest BCUT2D eigenvalue weighted by Gasteiger charge is 1.99. The molecule has 0 aromatic heterocycles. The van der Waals surface area contributed by atoms with E-state index < -0.39 is 0 Å². The fraction of sp³-hybridized carbons (Fsp3) is 0.467. The van der Waals surface area contributed by atoms with Gasteiger partial charge in [-0.1, -0.05) is 18.6 Å². The fourth-order valence-corrected chi connectivity index (χ4v) is 1.78. The van der Waals surface area contributed by atoms with Crippen molar-refractivity contribution in [1.82, 2.24) is 0 Å². The zero-order valence-corrected chi connectivity index (χ0v) is 11.4. The highest BCUT2D eigenvalue weighted by molar-refractivity contribution is 5.83. The van der Waals surface area contributed by atoms with E-state index in [4.69, 9.17) is 4.74 Å². The molecule has 0 aliphatic rings. The highest BCUT2D eigenvalue weighted by Crippen LogP contribution is 2.12. The Morgan fingerprint density at radius 1 is 1.21 bits per heavy atom. The maximum absolute atomic E-state index is 10.8. The molecule has 0 amide bonds. The summed E-state index contributed by atoms with van der Waals surface area (Å²) in [5, 5.41) is 3.26. The van der Waals surface area contributed by atoms with Gasteiger partial charge >= 0.3 is 5.97 Å². The molecule has 104 valence electrons. The monoisotopic (exact) mass is 263 g/mol. The molecule has 0 aliphatic carbocycles. The van der Waals surface area contributed by atoms with Gasteiger partial charge in [0, 0.05) is 24.7 Å². The number of hydrogen-bond donors (Lipinski definition) is 1. The lowest BCUT2D eigenvalue weighted by atomic mass is 10.1. The second-order valence-corrected chi connectivity index (χ2v) is 4.39. The number of aldehydes is 1. The van der Waals surface area contributed by atoms with Crippen LogP contribution >= 0.6 is 0 Å². The minimum absolute atomic E-state index is 0.216. The van der Waals surface area contributed by atoms with Gasteiger partial charge in [-0.05, 0) is 31.4 Å². The van der Waals surface area contributed by atoms with Crippen LogP contribution in [0, 0.1) is 0 Å². The Balaban J connectivity index is 2.07. The van der Waals surface area contributed by atoms with Crippen LogP contribution in [-0.2, 0) is 9.53 Å². The Labute approximate surface area is 114 Å². The molecule has 4 heteroatoms. The lowest BCUT2D eigenvalue weighted by Gasteiger charge is -2.08. The van der Waals surface area contributed by atoms with Crippen molar-refractivity contribution in [2.75, 3.05) is 18.5 Å². The summed E-state index contributed by atoms with van der Waals surface area (Å²) >= 11 is 0. The van der Waals surface area contributed by atoms with Crippen LogP contribution in [0.4, 0.5) is 5.69 Å². The van der Waals surface area contributed by atoms with Crippen molar-refractivity contribution in [3.8, 4) is 0 Å². The second kappa shape index (κ2) is 9.14. The molecule has 0 atom stereocenters. The second-order valence-electron chi connectivity index (χ2n) is 4.39. The first-order chi connectivity index (χ1) is 9.24. The fourth-order valence-electron chi connectivity index (χ4n) is 1.78. The summed E-state index contributed by atoms with van der Waals surface area (Å²) in [4.78, 5) is 21.3. The maximum atomic E-state index is 10.8. The Hall–Kier alpha value is -1.84. The van der Waals surface area contributed by atoms with Gasteiger partial charge in [-0.3, -0.25) is 9.59 Å². The summed E-state index contributed by atoms with van der Waals surface area (Å²) in [5.41, 5.74) is 1.58. The van der Waals surface area contributed by atoms with Crippen LogP contribution in [0.15, 0.2) is 24.3 Å². The lowest BCUT2D eigenvalue weighted by Crippen LogP contribution is -2.04. The first-order valence-electron chi connectivity index (χ1n) is 6.65. The van der Waals surface area contributed by atoms with Crippen molar-refractivity contribution in [2.45, 2.75) is 32.6 Å². The average Bonchev–Trinajstić information content (AvgIpc) is 2.42. The van der Waals surface area contributed by atoms with E-state index in [1.165, 1.54) is 6.92 Å². The zero-order valence-electron chi connectivity index (χ0n) is 11.4. The summed E-state index contributed by atoms with van der Waals surface area (Å²) in [6.45, 7) is 2.78. The topological polar surface area (TPSA) is 55.4 Å². The summed E-state index contributed by atoms with van der Waals surface area (Å²) in [6, 6.07) is 7.47. The van der Waals surface area contributed by atoms with Crippen LogP contribution in [0.1, 0.15) is 43.0 Å². The Morgan fingerprint density at radius 3 is 2.68 bits per heavy atom. The molecule has 0 heterocycles. The first kappa shape index (κ1) is 15.2. The molecule has 0 fully saturated rings. The minimum Gasteiger partial charge on any atom is -0.466 e. The van der Waals surface area contributed by atoms with E-state index in [2.05, 4.69) is 5.32 Å². The van der Waals surface area contributed by atoms with Crippen molar-refractivity contribution in [3.05, 3.63) is 29.8 Å². The normalized spacial score (nSPS) is 9.95. The van der Waals surface area contributed by atoms with Crippen molar-refractivity contribution in [3.63, 3.8) is 0 Å². The van der Waals surface area contributed by atoms with E-state index in [9.17, 15) is 9.59 Å². The van der Waals surface area contributed by atoms with Gasteiger partial charge in [0.05, 0.1) is 6.61 Å². The van der Waals surface area contributed by atoms with Gasteiger partial charge in [-0.25, -0.2) is 0 Å². The molecule has 0 saturated carbocycles. The highest BCUT2D eigenvalue weighted by atomic mass is 16.5. The van der Waals surface area contributed by atoms with E-state index in [-0.39, 0.29) is 5.97 Å². The molecule has 0 spiro atoms. The molecule has 1 rings (SSSR count). The van der Waals surface area contributed by atoms with E-state index in [0.29, 0.717) is 12.2 Å². The van der Waals surface area contributed by atoms with Gasteiger partial charge in [-0.2, -0.15) is 0 Å². The quantitative estimate of drug-likeness (QED) is 0.422. The summed E-state index contributed by atoms with van der Waals surface area (Å²) < 4.78 is 4.85. The predicted molar refractivity (Wildman–Crippen MR) is 75.4 cm³/mol. The van der Waals surface area contributed by atoms with Crippen molar-refractivity contribution < 1.29 is 14.3 Å². The molecule has 19 heavy (non-hydrogen) atoms. The van der Waals surface area contributed by atoms with E-state index in [0.717, 1.165) is 44.2 Å². The van der Waals surface area contributed by atoms with E-state index in [1.54, 1.807) is 6.07 Å². The minimum atomic E-state index is -0.216. The smallest absolute Gasteiger partial charge is 0.302 e. The van der Waals surface area contributed by atoms with Crippen molar-refractivity contribution in [2.24, 2.45) is 0 Å². The number of ether oxygens (including phenoxy) is 1. The number of unbranched alkanes of at least 4 members (excludes halogenated alkanes) is 3. The molecule has 1 N–H and O–H groups in total. The molecule has 4 nitrogen and oxygen atoms in total. The first-order valence-corrected chi connectivity index (χ1v) is 6.65. The van der Waals surface area contributed by atoms with Gasteiger partial charge < -0.3 is 10.1 Å². The molecule has 0 aliphatic heterocycles. The number of rotatable bonds is 9. The van der Waals surface area contributed by atoms with Crippen LogP contribution in [-0.4, -0.2) is 25.4 Å². The third kappa shape index (κ3) is 6.60. The van der Waals surface area contributed by atoms with Crippen molar-refractivity contribution >= 4 is 17.9 Å². The molecular weight excluding hydrogens is 242 g/mol. The van der Waals surface area contributed by atoms with Crippen molar-refractivity contribution in [1.29, 1.82) is 0 Å². The van der Waals surface area contributed by atoms with Gasteiger partial charge in [0.25, 0.3) is 0 Å². The Morgan fingerprint density at radius 2 is 1.95 bits per heavy atom. The predicted octanol–water partition coefficient (Wildman–Crippen LogP) is 3.03. The Kier molecular flexibility index (Phi) is 7.32. The van der Waals surface area contributed by atoms with Crippen LogP contribution in [0.2, 0.25) is 0 Å². The number of carbonyl (C=O) groups excluding carboxylic acids is 2. The SMILES string of the molecule is CC(=O)OCCCCCCNc1ccccc1C=O. The van der Waals surface area contributed by atoms with Crippen LogP contribution < -0.4 is 5.32 Å². The molecule has 0 bridgehead atoms. The number of anilines is 1. The number of nitrogens with one attached hydrogen (secondary N) is 1. The molecule has 0 saturated heterocycles. The van der Waals surface area contributed by atoms with Gasteiger partial charge in [-0.15, -0.1) is 0 Å². The molecular formula is C15H21NO3. The Bertz CT molecular complexity index is 404. The lowest BCUT2D eigenvalue weighted by molar-refractivity contribution is -0.141. The summed E-state index contributed by atoms with van der Waals surface area (Å²) in [7, 11) is 0. The molecule has 0 unspecified atom stereocenters. The third-order valence-electron chi connectivity index (χ3n) is 2.78. The number of esters is 1. The van der Waals surface area contributed by atoms with E-state index in [1.807, 2.05) is 18.2 Å². The van der Waals surface area contributed by atoms with E-state index >= 15 is 0 Å². The number of hydrogen-bond acceptors (Lipinski definition) is 4. The molecule has 1 aromatic carbocycles. The standard InChI is InChI=1S/C15H21NO3/c1-13(18)19-11-7-3-2-6-10-16-15-9-5-4-8-14(15)12-17/h4-5,8-9,12,16H,2-3,6-7,10-11H2,1H3. The van der Waals surface area contributed by atoms with Gasteiger partial charge in [0.2, 0.25) is 0 Å². The summed E-state index contributed by atoms with van der Waals surface area (Å²) in [6.07, 6.45) is 4.93. The largest absolute Gasteiger partial charge is 0.466 e. The number of para-hydroxylation sites is 1. The van der Waals surface area contributed by atoms with Gasteiger partial charge in [0.15, 0.2) is 6.29 Å². The van der Waals surface area contributed by atoms with Crippen LogP contribution in [0.5, 0.6) is 0 Å².